The van der Waals surface area contributed by atoms with Gasteiger partial charge in [-0.05, 0) is 36.0 Å². The zero-order valence-corrected chi connectivity index (χ0v) is 14.7. The molecule has 0 aromatic heterocycles. The Morgan fingerprint density at radius 1 is 1.16 bits per heavy atom. The summed E-state index contributed by atoms with van der Waals surface area (Å²) in [7, 11) is 0. The van der Waals surface area contributed by atoms with Crippen molar-refractivity contribution in [3.05, 3.63) is 77.9 Å². The fraction of sp³-hybridized carbons (Fsp3) is 0.318. The van der Waals surface area contributed by atoms with Crippen molar-refractivity contribution < 1.29 is 9.53 Å². The van der Waals surface area contributed by atoms with E-state index in [9.17, 15) is 4.79 Å². The average Bonchev–Trinajstić information content (AvgIpc) is 2.66. The number of amides is 1. The van der Waals surface area contributed by atoms with Gasteiger partial charge in [-0.25, -0.2) is 4.79 Å². The normalized spacial score (nSPS) is 16.7. The Hall–Kier alpha value is -2.55. The largest absolute Gasteiger partial charge is 0.444 e. The van der Waals surface area contributed by atoms with E-state index in [1.54, 1.807) is 4.90 Å². The van der Waals surface area contributed by atoms with Crippen LogP contribution in [0.1, 0.15) is 30.9 Å². The number of carbonyl (C=O) groups is 1. The molecule has 3 nitrogen and oxygen atoms in total. The predicted octanol–water partition coefficient (Wildman–Crippen LogP) is 5.36. The fourth-order valence-electron chi connectivity index (χ4n) is 3.18. The highest BCUT2D eigenvalue weighted by Gasteiger charge is 2.28. The summed E-state index contributed by atoms with van der Waals surface area (Å²) < 4.78 is 5.56. The van der Waals surface area contributed by atoms with Crippen LogP contribution in [0.15, 0.2) is 66.7 Å². The Balaban J connectivity index is 1.72. The van der Waals surface area contributed by atoms with Gasteiger partial charge in [-0.2, -0.15) is 0 Å². The minimum Gasteiger partial charge on any atom is -0.444 e. The Morgan fingerprint density at radius 2 is 1.92 bits per heavy atom. The van der Waals surface area contributed by atoms with Gasteiger partial charge in [0.25, 0.3) is 0 Å². The molecule has 2 aromatic carbocycles. The van der Waals surface area contributed by atoms with Gasteiger partial charge in [0.2, 0.25) is 0 Å². The highest BCUT2D eigenvalue weighted by Crippen LogP contribution is 2.31. The number of benzene rings is 2. The summed E-state index contributed by atoms with van der Waals surface area (Å²) in [5, 5.41) is 0. The number of carbonyl (C=O) groups excluding carboxylic acids is 1. The van der Waals surface area contributed by atoms with Crippen molar-refractivity contribution in [2.75, 3.05) is 11.4 Å². The first kappa shape index (κ1) is 17.3. The van der Waals surface area contributed by atoms with E-state index in [4.69, 9.17) is 4.74 Å². The lowest BCUT2D eigenvalue weighted by atomic mass is 9.92. The van der Waals surface area contributed by atoms with Gasteiger partial charge >= 0.3 is 6.09 Å². The molecule has 0 fully saturated rings. The fourth-order valence-corrected chi connectivity index (χ4v) is 3.18. The number of allylic oxidation sites excluding steroid dienone is 1. The third-order valence-corrected chi connectivity index (χ3v) is 4.47. The SMILES string of the molecule is CCCC=C[C@@H]1Cc2ccccc2N(C(=O)OCc2ccccc2)C1. The molecule has 2 aromatic rings. The molecule has 0 bridgehead atoms. The second-order valence-corrected chi connectivity index (χ2v) is 6.46. The monoisotopic (exact) mass is 335 g/mol. The Kier molecular flexibility index (Phi) is 5.89. The minimum absolute atomic E-state index is 0.273. The standard InChI is InChI=1S/C22H25NO2/c1-2-3-5-12-19-15-20-13-8-9-14-21(20)23(16-19)22(24)25-17-18-10-6-4-7-11-18/h4-14,19H,2-3,15-17H2,1H3/t19-/m1/s1. The van der Waals surface area contributed by atoms with Gasteiger partial charge in [-0.1, -0.05) is 74.0 Å². The second kappa shape index (κ2) is 8.52. The molecule has 1 amide bonds. The molecule has 3 heteroatoms. The van der Waals surface area contributed by atoms with Crippen LogP contribution in [-0.2, 0) is 17.8 Å². The van der Waals surface area contributed by atoms with Gasteiger partial charge in [0.05, 0.1) is 5.69 Å². The van der Waals surface area contributed by atoms with E-state index in [1.165, 1.54) is 5.56 Å². The average molecular weight is 335 g/mol. The van der Waals surface area contributed by atoms with E-state index in [2.05, 4.69) is 25.1 Å². The van der Waals surface area contributed by atoms with Crippen LogP contribution in [0.2, 0.25) is 0 Å². The Labute approximate surface area is 149 Å². The second-order valence-electron chi connectivity index (χ2n) is 6.46. The number of anilines is 1. The van der Waals surface area contributed by atoms with E-state index in [-0.39, 0.29) is 6.09 Å². The number of unbranched alkanes of at least 4 members (excludes halogenated alkanes) is 1. The molecule has 25 heavy (non-hydrogen) atoms. The number of hydrogen-bond donors (Lipinski definition) is 0. The van der Waals surface area contributed by atoms with Crippen molar-refractivity contribution in [1.29, 1.82) is 0 Å². The molecule has 1 atom stereocenters. The minimum atomic E-state index is -0.273. The topological polar surface area (TPSA) is 29.5 Å². The Bertz CT molecular complexity index is 724. The van der Waals surface area contributed by atoms with Crippen molar-refractivity contribution in [2.24, 2.45) is 5.92 Å². The van der Waals surface area contributed by atoms with E-state index >= 15 is 0 Å². The van der Waals surface area contributed by atoms with Crippen LogP contribution in [0.5, 0.6) is 0 Å². The van der Waals surface area contributed by atoms with Crippen molar-refractivity contribution >= 4 is 11.8 Å². The molecular weight excluding hydrogens is 310 g/mol. The van der Waals surface area contributed by atoms with Crippen LogP contribution < -0.4 is 4.90 Å². The number of ether oxygens (including phenoxy) is 1. The molecule has 0 saturated heterocycles. The molecule has 1 aliphatic rings. The molecule has 0 N–H and O–H groups in total. The van der Waals surface area contributed by atoms with Crippen LogP contribution in [0.4, 0.5) is 10.5 Å². The zero-order valence-electron chi connectivity index (χ0n) is 14.7. The van der Waals surface area contributed by atoms with Gasteiger partial charge in [0.1, 0.15) is 6.61 Å². The summed E-state index contributed by atoms with van der Waals surface area (Å²) in [5.41, 5.74) is 3.18. The highest BCUT2D eigenvalue weighted by molar-refractivity contribution is 5.89. The summed E-state index contributed by atoms with van der Waals surface area (Å²) in [4.78, 5) is 14.5. The molecule has 0 saturated carbocycles. The zero-order chi connectivity index (χ0) is 17.5. The summed E-state index contributed by atoms with van der Waals surface area (Å²) in [6.45, 7) is 3.15. The summed E-state index contributed by atoms with van der Waals surface area (Å²) in [6, 6.07) is 17.9. The van der Waals surface area contributed by atoms with Crippen LogP contribution in [0.25, 0.3) is 0 Å². The van der Waals surface area contributed by atoms with Crippen molar-refractivity contribution in [1.82, 2.24) is 0 Å². The van der Waals surface area contributed by atoms with Gasteiger partial charge in [-0.3, -0.25) is 4.90 Å². The number of fused-ring (bicyclic) bond motifs is 1. The third-order valence-electron chi connectivity index (χ3n) is 4.47. The lowest BCUT2D eigenvalue weighted by molar-refractivity contribution is 0.146. The smallest absolute Gasteiger partial charge is 0.414 e. The van der Waals surface area contributed by atoms with E-state index in [1.807, 2.05) is 48.5 Å². The molecule has 0 radical (unpaired) electrons. The first-order valence-electron chi connectivity index (χ1n) is 9.00. The summed E-state index contributed by atoms with van der Waals surface area (Å²) in [6.07, 6.45) is 7.39. The van der Waals surface area contributed by atoms with Crippen molar-refractivity contribution in [2.45, 2.75) is 32.8 Å². The summed E-state index contributed by atoms with van der Waals surface area (Å²) >= 11 is 0. The van der Waals surface area contributed by atoms with E-state index in [0.29, 0.717) is 19.1 Å². The summed E-state index contributed by atoms with van der Waals surface area (Å²) in [5.74, 6) is 0.339. The first-order valence-corrected chi connectivity index (χ1v) is 9.00. The molecule has 1 heterocycles. The molecule has 0 spiro atoms. The van der Waals surface area contributed by atoms with Crippen molar-refractivity contribution in [3.63, 3.8) is 0 Å². The molecular formula is C22H25NO2. The van der Waals surface area contributed by atoms with Crippen LogP contribution in [-0.4, -0.2) is 12.6 Å². The number of rotatable bonds is 5. The number of nitrogens with zero attached hydrogens (tertiary/aromatic N) is 1. The molecule has 1 aliphatic heterocycles. The van der Waals surface area contributed by atoms with Gasteiger partial charge in [-0.15, -0.1) is 0 Å². The first-order chi connectivity index (χ1) is 12.3. The van der Waals surface area contributed by atoms with E-state index < -0.39 is 0 Å². The molecule has 130 valence electrons. The van der Waals surface area contributed by atoms with Crippen LogP contribution >= 0.6 is 0 Å². The lowest BCUT2D eigenvalue weighted by Crippen LogP contribution is -2.39. The quantitative estimate of drug-likeness (QED) is 0.689. The van der Waals surface area contributed by atoms with Crippen LogP contribution in [0.3, 0.4) is 0 Å². The molecule has 0 unspecified atom stereocenters. The number of hydrogen-bond acceptors (Lipinski definition) is 2. The van der Waals surface area contributed by atoms with Crippen LogP contribution in [0, 0.1) is 5.92 Å². The molecule has 0 aliphatic carbocycles. The number of para-hydroxylation sites is 1. The van der Waals surface area contributed by atoms with E-state index in [0.717, 1.165) is 30.5 Å². The Morgan fingerprint density at radius 3 is 2.72 bits per heavy atom. The van der Waals surface area contributed by atoms with Crippen molar-refractivity contribution in [3.8, 4) is 0 Å². The molecule has 3 rings (SSSR count). The lowest BCUT2D eigenvalue weighted by Gasteiger charge is -2.32. The third kappa shape index (κ3) is 4.50. The maximum Gasteiger partial charge on any atom is 0.414 e. The van der Waals surface area contributed by atoms with Gasteiger partial charge in [0, 0.05) is 6.54 Å². The maximum atomic E-state index is 12.7. The van der Waals surface area contributed by atoms with Gasteiger partial charge < -0.3 is 4.74 Å². The van der Waals surface area contributed by atoms with Gasteiger partial charge in [0.15, 0.2) is 0 Å². The highest BCUT2D eigenvalue weighted by atomic mass is 16.6. The maximum absolute atomic E-state index is 12.7. The predicted molar refractivity (Wildman–Crippen MR) is 102 cm³/mol.